The zero-order valence-corrected chi connectivity index (χ0v) is 9.25. The van der Waals surface area contributed by atoms with E-state index in [1.807, 2.05) is 49.2 Å². The lowest BCUT2D eigenvalue weighted by molar-refractivity contribution is 1.15. The van der Waals surface area contributed by atoms with Gasteiger partial charge < -0.3 is 4.90 Å². The van der Waals surface area contributed by atoms with Gasteiger partial charge in [-0.05, 0) is 24.6 Å². The van der Waals surface area contributed by atoms with Gasteiger partial charge in [0.1, 0.15) is 5.16 Å². The van der Waals surface area contributed by atoms with Gasteiger partial charge in [0.05, 0.1) is 0 Å². The Kier molecular flexibility index (Phi) is 3.78. The lowest BCUT2D eigenvalue weighted by Crippen LogP contribution is -2.13. The smallest absolute Gasteiger partial charge is 0.111 e. The van der Waals surface area contributed by atoms with Crippen LogP contribution in [0.15, 0.2) is 53.7 Å². The molecule has 0 saturated heterocycles. The van der Waals surface area contributed by atoms with Crippen molar-refractivity contribution in [3.05, 3.63) is 53.7 Å². The minimum atomic E-state index is 0.700. The van der Waals surface area contributed by atoms with E-state index in [2.05, 4.69) is 6.58 Å². The Hall–Kier alpha value is -1.21. The van der Waals surface area contributed by atoms with Crippen LogP contribution in [-0.2, 0) is 0 Å². The first kappa shape index (κ1) is 10.9. The Balaban J connectivity index is 2.97. The van der Waals surface area contributed by atoms with E-state index < -0.39 is 0 Å². The van der Waals surface area contributed by atoms with Crippen molar-refractivity contribution in [1.29, 1.82) is 0 Å². The first-order valence-corrected chi connectivity index (χ1v) is 4.82. The van der Waals surface area contributed by atoms with Gasteiger partial charge in [0.25, 0.3) is 0 Å². The summed E-state index contributed by atoms with van der Waals surface area (Å²) < 4.78 is 0. The van der Waals surface area contributed by atoms with Crippen LogP contribution in [0.2, 0.25) is 0 Å². The van der Waals surface area contributed by atoms with Crippen LogP contribution in [-0.4, -0.2) is 7.05 Å². The van der Waals surface area contributed by atoms with Crippen LogP contribution >= 0.6 is 11.6 Å². The highest BCUT2D eigenvalue weighted by molar-refractivity contribution is 6.31. The van der Waals surface area contributed by atoms with Gasteiger partial charge in [-0.2, -0.15) is 0 Å². The van der Waals surface area contributed by atoms with E-state index in [1.54, 1.807) is 6.08 Å². The number of rotatable bonds is 3. The molecule has 0 bridgehead atoms. The summed E-state index contributed by atoms with van der Waals surface area (Å²) in [6.07, 6.45) is 1.75. The number of halogens is 1. The Labute approximate surface area is 90.3 Å². The molecule has 74 valence electrons. The SMILES string of the molecule is C=C/C(C)=C(/Cl)N(C)c1ccccc1. The van der Waals surface area contributed by atoms with E-state index >= 15 is 0 Å². The van der Waals surface area contributed by atoms with Crippen molar-refractivity contribution in [3.63, 3.8) is 0 Å². The molecule has 0 fully saturated rings. The summed E-state index contributed by atoms with van der Waals surface area (Å²) in [5.74, 6) is 0. The third-order valence-corrected chi connectivity index (χ3v) is 2.62. The molecule has 0 saturated carbocycles. The van der Waals surface area contributed by atoms with Gasteiger partial charge in [-0.3, -0.25) is 0 Å². The highest BCUT2D eigenvalue weighted by Gasteiger charge is 2.05. The van der Waals surface area contributed by atoms with Gasteiger partial charge in [-0.25, -0.2) is 0 Å². The number of hydrogen-bond acceptors (Lipinski definition) is 1. The highest BCUT2D eigenvalue weighted by atomic mass is 35.5. The fraction of sp³-hybridized carbons (Fsp3) is 0.167. The maximum absolute atomic E-state index is 6.15. The summed E-state index contributed by atoms with van der Waals surface area (Å²) in [7, 11) is 1.94. The second-order valence-corrected chi connectivity index (χ2v) is 3.43. The minimum Gasteiger partial charge on any atom is -0.335 e. The Morgan fingerprint density at radius 2 is 1.93 bits per heavy atom. The van der Waals surface area contributed by atoms with Crippen molar-refractivity contribution in [2.45, 2.75) is 6.92 Å². The van der Waals surface area contributed by atoms with Crippen LogP contribution in [0.1, 0.15) is 6.92 Å². The fourth-order valence-corrected chi connectivity index (χ4v) is 1.29. The zero-order valence-electron chi connectivity index (χ0n) is 8.50. The van der Waals surface area contributed by atoms with Crippen molar-refractivity contribution in [1.82, 2.24) is 0 Å². The molecule has 0 heterocycles. The van der Waals surface area contributed by atoms with E-state index in [0.29, 0.717) is 5.16 Å². The van der Waals surface area contributed by atoms with Gasteiger partial charge in [-0.1, -0.05) is 42.5 Å². The third-order valence-electron chi connectivity index (χ3n) is 2.07. The first-order chi connectivity index (χ1) is 6.66. The average Bonchev–Trinajstić information content (AvgIpc) is 2.27. The number of nitrogens with zero attached hydrogens (tertiary/aromatic N) is 1. The van der Waals surface area contributed by atoms with E-state index in [1.165, 1.54) is 0 Å². The summed E-state index contributed by atoms with van der Waals surface area (Å²) in [5, 5.41) is 0.700. The molecule has 0 N–H and O–H groups in total. The molecule has 0 aromatic heterocycles. The van der Waals surface area contributed by atoms with Crippen molar-refractivity contribution < 1.29 is 0 Å². The summed E-state index contributed by atoms with van der Waals surface area (Å²) in [5.41, 5.74) is 2.04. The van der Waals surface area contributed by atoms with Crippen LogP contribution in [0, 0.1) is 0 Å². The topological polar surface area (TPSA) is 3.24 Å². The summed E-state index contributed by atoms with van der Waals surface area (Å²) >= 11 is 6.15. The van der Waals surface area contributed by atoms with E-state index in [-0.39, 0.29) is 0 Å². The van der Waals surface area contributed by atoms with Gasteiger partial charge in [0, 0.05) is 12.7 Å². The molecular weight excluding hydrogens is 194 g/mol. The fourth-order valence-electron chi connectivity index (χ4n) is 1.11. The molecule has 1 rings (SSSR count). The van der Waals surface area contributed by atoms with Crippen LogP contribution < -0.4 is 4.90 Å². The lowest BCUT2D eigenvalue weighted by Gasteiger charge is -2.19. The number of anilines is 1. The number of allylic oxidation sites excluding steroid dienone is 2. The van der Waals surface area contributed by atoms with Crippen LogP contribution in [0.3, 0.4) is 0 Å². The van der Waals surface area contributed by atoms with Crippen molar-refractivity contribution in [2.75, 3.05) is 11.9 Å². The summed E-state index contributed by atoms with van der Waals surface area (Å²) in [6.45, 7) is 5.63. The second-order valence-electron chi connectivity index (χ2n) is 3.07. The summed E-state index contributed by atoms with van der Waals surface area (Å²) in [4.78, 5) is 1.93. The van der Waals surface area contributed by atoms with E-state index in [0.717, 1.165) is 11.3 Å². The first-order valence-electron chi connectivity index (χ1n) is 4.44. The third kappa shape index (κ3) is 2.39. The van der Waals surface area contributed by atoms with Crippen LogP contribution in [0.25, 0.3) is 0 Å². The van der Waals surface area contributed by atoms with E-state index in [9.17, 15) is 0 Å². The molecule has 0 atom stereocenters. The van der Waals surface area contributed by atoms with Gasteiger partial charge >= 0.3 is 0 Å². The normalized spacial score (nSPS) is 11.9. The number of para-hydroxylation sites is 1. The molecule has 1 aromatic carbocycles. The molecule has 0 aliphatic rings. The Morgan fingerprint density at radius 3 is 2.43 bits per heavy atom. The highest BCUT2D eigenvalue weighted by Crippen LogP contribution is 2.21. The minimum absolute atomic E-state index is 0.700. The van der Waals surface area contributed by atoms with E-state index in [4.69, 9.17) is 11.6 Å². The van der Waals surface area contributed by atoms with Gasteiger partial charge in [-0.15, -0.1) is 0 Å². The molecule has 14 heavy (non-hydrogen) atoms. The molecule has 1 nitrogen and oxygen atoms in total. The number of hydrogen-bond donors (Lipinski definition) is 0. The molecule has 1 aromatic rings. The predicted molar refractivity (Wildman–Crippen MR) is 63.6 cm³/mol. The van der Waals surface area contributed by atoms with Crippen LogP contribution in [0.4, 0.5) is 5.69 Å². The zero-order chi connectivity index (χ0) is 10.6. The molecule has 2 heteroatoms. The molecule has 0 aliphatic carbocycles. The van der Waals surface area contributed by atoms with Gasteiger partial charge in [0.2, 0.25) is 0 Å². The average molecular weight is 208 g/mol. The Bertz CT molecular complexity index is 341. The monoisotopic (exact) mass is 207 g/mol. The summed E-state index contributed by atoms with van der Waals surface area (Å²) in [6, 6.07) is 9.98. The predicted octanol–water partition coefficient (Wildman–Crippen LogP) is 3.78. The maximum atomic E-state index is 6.15. The van der Waals surface area contributed by atoms with Crippen molar-refractivity contribution in [3.8, 4) is 0 Å². The largest absolute Gasteiger partial charge is 0.335 e. The van der Waals surface area contributed by atoms with Crippen LogP contribution in [0.5, 0.6) is 0 Å². The molecule has 0 spiro atoms. The van der Waals surface area contributed by atoms with Crippen molar-refractivity contribution in [2.24, 2.45) is 0 Å². The quantitative estimate of drug-likeness (QED) is 0.539. The van der Waals surface area contributed by atoms with Gasteiger partial charge in [0.15, 0.2) is 0 Å². The van der Waals surface area contributed by atoms with Crippen molar-refractivity contribution >= 4 is 17.3 Å². The Morgan fingerprint density at radius 1 is 1.36 bits per heavy atom. The maximum Gasteiger partial charge on any atom is 0.111 e. The molecular formula is C12H14ClN. The lowest BCUT2D eigenvalue weighted by atomic mass is 10.3. The standard InChI is InChI=1S/C12H14ClN/c1-4-10(2)12(13)14(3)11-8-6-5-7-9-11/h4-9H,1H2,2-3H3/b12-10-. The molecule has 0 aliphatic heterocycles. The number of benzene rings is 1. The molecule has 0 unspecified atom stereocenters. The molecule has 0 radical (unpaired) electrons. The second kappa shape index (κ2) is 4.87. The molecule has 0 amide bonds.